The third-order valence-corrected chi connectivity index (χ3v) is 14.1. The number of hydrogen-bond acceptors (Lipinski definition) is 11. The van der Waals surface area contributed by atoms with Gasteiger partial charge in [-0.25, -0.2) is 9.78 Å². The molecular weight excluding hydrogens is 895 g/mol. The molecule has 15 nitrogen and oxygen atoms in total. The van der Waals surface area contributed by atoms with Gasteiger partial charge in [-0.2, -0.15) is 0 Å². The van der Waals surface area contributed by atoms with E-state index in [2.05, 4.69) is 20.9 Å². The fraction of sp³-hybridized carbons (Fsp3) is 0.623. The number of benzene rings is 2. The second-order valence-electron chi connectivity index (χ2n) is 20.4. The van der Waals surface area contributed by atoms with Gasteiger partial charge in [-0.05, 0) is 88.1 Å². The van der Waals surface area contributed by atoms with E-state index in [9.17, 15) is 24.0 Å². The van der Waals surface area contributed by atoms with Gasteiger partial charge in [0.05, 0.1) is 48.7 Å². The number of ether oxygens (including phenoxy) is 3. The third kappa shape index (κ3) is 16.1. The van der Waals surface area contributed by atoms with E-state index in [-0.39, 0.29) is 59.9 Å². The highest BCUT2D eigenvalue weighted by Crippen LogP contribution is 2.31. The van der Waals surface area contributed by atoms with Crippen LogP contribution in [0, 0.1) is 23.7 Å². The van der Waals surface area contributed by atoms with Crippen LogP contribution in [0.2, 0.25) is 0 Å². The molecule has 0 bridgehead atoms. The summed E-state index contributed by atoms with van der Waals surface area (Å²) in [5.41, 5.74) is 1.89. The molecule has 2 aromatic carbocycles. The summed E-state index contributed by atoms with van der Waals surface area (Å²) in [4.78, 5) is 80.0. The van der Waals surface area contributed by atoms with E-state index in [1.807, 2.05) is 119 Å². The fourth-order valence-electron chi connectivity index (χ4n) is 9.60. The first-order valence-corrected chi connectivity index (χ1v) is 25.4. The Hall–Kier alpha value is -4.90. The molecule has 2 heterocycles. The summed E-state index contributed by atoms with van der Waals surface area (Å²) >= 11 is 1.50. The lowest BCUT2D eigenvalue weighted by Crippen LogP contribution is -2.60. The smallest absolute Gasteiger partial charge is 0.412 e. The molecule has 4 rings (SSSR count). The predicted octanol–water partition coefficient (Wildman–Crippen LogP) is 8.11. The average Bonchev–Trinajstić information content (AvgIpc) is 4.01. The van der Waals surface area contributed by atoms with Crippen LogP contribution in [-0.4, -0.2) is 126 Å². The number of amides is 5. The highest BCUT2D eigenvalue weighted by molar-refractivity contribution is 7.09. The second-order valence-corrected chi connectivity index (χ2v) is 21.3. The SMILES string of the molecule is CC[C@H](C)[C@@H]([C@@H](CC(=O)N1CCC[C@H]1[C@H](OC)[C@@H](C)C(=O)N[C@@H](Cc1ccccc1)c1nccs1)OC)N(C)C(=O)[C@@H](NC(=O)[C@H](C(C)C)N(C)Cc1cccc(NC(=O)OC(C)(C)C)c1)C(C)C. The number of rotatable bonds is 24. The lowest BCUT2D eigenvalue weighted by molar-refractivity contribution is -0.148. The zero-order valence-corrected chi connectivity index (χ0v) is 44.4. The Morgan fingerprint density at radius 1 is 0.884 bits per heavy atom. The molecule has 16 heteroatoms. The minimum Gasteiger partial charge on any atom is -0.444 e. The first-order chi connectivity index (χ1) is 32.6. The Bertz CT molecular complexity index is 2100. The van der Waals surface area contributed by atoms with Gasteiger partial charge < -0.3 is 34.6 Å². The molecule has 3 aromatic rings. The van der Waals surface area contributed by atoms with Gasteiger partial charge >= 0.3 is 6.09 Å². The number of aromatic nitrogens is 1. The Kier molecular flexibility index (Phi) is 21.6. The molecule has 1 aliphatic rings. The molecule has 0 unspecified atom stereocenters. The number of likely N-dealkylation sites (N-methyl/N-ethyl adjacent to an activating group) is 2. The Labute approximate surface area is 415 Å². The van der Waals surface area contributed by atoms with Crippen LogP contribution in [0.4, 0.5) is 10.5 Å². The van der Waals surface area contributed by atoms with Crippen molar-refractivity contribution in [3.63, 3.8) is 0 Å². The largest absolute Gasteiger partial charge is 0.444 e. The van der Waals surface area contributed by atoms with Crippen molar-refractivity contribution in [3.8, 4) is 0 Å². The van der Waals surface area contributed by atoms with Gasteiger partial charge in [0.15, 0.2) is 0 Å². The van der Waals surface area contributed by atoms with E-state index >= 15 is 0 Å². The maximum atomic E-state index is 14.7. The summed E-state index contributed by atoms with van der Waals surface area (Å²) in [6.45, 7) is 20.0. The molecule has 9 atom stereocenters. The van der Waals surface area contributed by atoms with E-state index in [1.165, 1.54) is 11.3 Å². The van der Waals surface area contributed by atoms with Gasteiger partial charge in [-0.15, -0.1) is 11.3 Å². The summed E-state index contributed by atoms with van der Waals surface area (Å²) in [6, 6.07) is 14.8. The summed E-state index contributed by atoms with van der Waals surface area (Å²) < 4.78 is 17.6. The monoisotopic (exact) mass is 976 g/mol. The van der Waals surface area contributed by atoms with Gasteiger partial charge in [-0.3, -0.25) is 29.4 Å². The normalized spacial score (nSPS) is 17.6. The van der Waals surface area contributed by atoms with Crippen LogP contribution in [-0.2, 0) is 46.4 Å². The number of nitrogens with zero attached hydrogens (tertiary/aromatic N) is 4. The quantitative estimate of drug-likeness (QED) is 0.0797. The molecular formula is C53H81N7O8S. The van der Waals surface area contributed by atoms with Crippen molar-refractivity contribution >= 4 is 46.7 Å². The van der Waals surface area contributed by atoms with E-state index in [4.69, 9.17) is 14.2 Å². The molecule has 3 N–H and O–H groups in total. The Morgan fingerprint density at radius 2 is 1.57 bits per heavy atom. The van der Waals surface area contributed by atoms with Crippen molar-refractivity contribution in [2.45, 2.75) is 156 Å². The maximum Gasteiger partial charge on any atom is 0.412 e. The van der Waals surface area contributed by atoms with Gasteiger partial charge in [0.2, 0.25) is 23.6 Å². The first kappa shape index (κ1) is 56.7. The molecule has 1 aromatic heterocycles. The standard InChI is InChI=1S/C53H81N7O8S/c1-15-35(6)46(59(12)51(64)44(33(2)3)57-49(63)45(34(4)5)58(11)32-38-23-19-24-39(29-38)55-52(65)68-53(8,9)10)42(66-13)31-43(61)60-27-20-25-41(60)47(67-14)36(7)48(62)56-40(50-54-26-28-69-50)30-37-21-17-16-18-22-37/h16-19,21-24,26,28-29,33-36,40-42,44-47H,15,20,25,27,30-32H2,1-14H3,(H,55,65)(H,56,62)(H,57,63)/t35-,36+,40-,41-,42+,44-,45-,46-,47+/m0/s1. The third-order valence-electron chi connectivity index (χ3n) is 13.2. The summed E-state index contributed by atoms with van der Waals surface area (Å²) in [5, 5.41) is 11.9. The number of carbonyl (C=O) groups excluding carboxylic acids is 5. The number of anilines is 1. The number of likely N-dealkylation sites (tertiary alicyclic amines) is 1. The zero-order valence-electron chi connectivity index (χ0n) is 43.6. The number of thiazole rings is 1. The zero-order chi connectivity index (χ0) is 51.2. The van der Waals surface area contributed by atoms with Crippen molar-refractivity contribution in [1.82, 2.24) is 30.3 Å². The molecule has 382 valence electrons. The lowest BCUT2D eigenvalue weighted by atomic mass is 9.89. The van der Waals surface area contributed by atoms with Crippen molar-refractivity contribution in [2.24, 2.45) is 23.7 Å². The van der Waals surface area contributed by atoms with Gasteiger partial charge in [0.1, 0.15) is 16.7 Å². The van der Waals surface area contributed by atoms with Crippen molar-refractivity contribution in [3.05, 3.63) is 82.3 Å². The van der Waals surface area contributed by atoms with Gasteiger partial charge in [-0.1, -0.05) is 97.4 Å². The Morgan fingerprint density at radius 3 is 2.14 bits per heavy atom. The van der Waals surface area contributed by atoms with Gasteiger partial charge in [0.25, 0.3) is 0 Å². The molecule has 0 saturated carbocycles. The van der Waals surface area contributed by atoms with Crippen LogP contribution in [0.25, 0.3) is 0 Å². The van der Waals surface area contributed by atoms with Crippen molar-refractivity contribution < 1.29 is 38.2 Å². The van der Waals surface area contributed by atoms with Crippen molar-refractivity contribution in [1.29, 1.82) is 0 Å². The number of nitrogens with one attached hydrogen (secondary N) is 3. The van der Waals surface area contributed by atoms with Crippen LogP contribution in [0.15, 0.2) is 66.2 Å². The van der Waals surface area contributed by atoms with Gasteiger partial charge in [0, 0.05) is 51.6 Å². The van der Waals surface area contributed by atoms with Crippen LogP contribution in [0.3, 0.4) is 0 Å². The summed E-state index contributed by atoms with van der Waals surface area (Å²) in [7, 11) is 6.77. The number of methoxy groups -OCH3 is 2. The van der Waals surface area contributed by atoms with Crippen LogP contribution in [0.5, 0.6) is 0 Å². The van der Waals surface area contributed by atoms with Crippen LogP contribution >= 0.6 is 11.3 Å². The maximum absolute atomic E-state index is 14.7. The van der Waals surface area contributed by atoms with E-state index in [1.54, 1.807) is 59.2 Å². The highest BCUT2D eigenvalue weighted by atomic mass is 32.1. The molecule has 1 aliphatic heterocycles. The minimum atomic E-state index is -0.862. The molecule has 69 heavy (non-hydrogen) atoms. The summed E-state index contributed by atoms with van der Waals surface area (Å²) in [5.74, 6) is -1.89. The lowest BCUT2D eigenvalue weighted by Gasteiger charge is -2.41. The molecule has 0 radical (unpaired) electrons. The highest BCUT2D eigenvalue weighted by Gasteiger charge is 2.43. The number of carbonyl (C=O) groups is 5. The number of hydrogen-bond donors (Lipinski definition) is 3. The van der Waals surface area contributed by atoms with E-state index < -0.39 is 47.9 Å². The second kappa shape index (κ2) is 26.3. The molecule has 0 spiro atoms. The molecule has 1 fully saturated rings. The minimum absolute atomic E-state index is 0.00719. The average molecular weight is 976 g/mol. The topological polar surface area (TPSA) is 172 Å². The predicted molar refractivity (Wildman–Crippen MR) is 272 cm³/mol. The molecule has 0 aliphatic carbocycles. The van der Waals surface area contributed by atoms with Crippen LogP contribution in [0.1, 0.15) is 117 Å². The summed E-state index contributed by atoms with van der Waals surface area (Å²) in [6.07, 6.45) is 2.67. The van der Waals surface area contributed by atoms with Crippen molar-refractivity contribution in [2.75, 3.05) is 40.2 Å². The molecule has 1 saturated heterocycles. The first-order valence-electron chi connectivity index (χ1n) is 24.5. The van der Waals surface area contributed by atoms with Crippen LogP contribution < -0.4 is 16.0 Å². The van der Waals surface area contributed by atoms with E-state index in [0.717, 1.165) is 22.6 Å². The van der Waals surface area contributed by atoms with E-state index in [0.29, 0.717) is 38.0 Å². The molecule has 5 amide bonds. The Balaban J connectivity index is 1.47. The fourth-order valence-corrected chi connectivity index (χ4v) is 10.3.